The number of methoxy groups -OCH3 is 1. The molecule has 2 aromatic carbocycles. The maximum absolute atomic E-state index is 13.6. The van der Waals surface area contributed by atoms with Gasteiger partial charge in [0.05, 0.1) is 12.7 Å². The van der Waals surface area contributed by atoms with Crippen molar-refractivity contribution in [1.29, 1.82) is 0 Å². The molecule has 0 saturated carbocycles. The third-order valence-electron chi connectivity index (χ3n) is 2.90. The first-order valence-electron chi connectivity index (χ1n) is 5.85. The summed E-state index contributed by atoms with van der Waals surface area (Å²) in [4.78, 5) is 22.0. The number of halogens is 2. The fourth-order valence-electron chi connectivity index (χ4n) is 1.86. The molecule has 0 spiro atoms. The molecule has 0 fully saturated rings. The van der Waals surface area contributed by atoms with Crippen LogP contribution < -0.4 is 0 Å². The van der Waals surface area contributed by atoms with E-state index in [0.717, 1.165) is 12.1 Å². The number of carbonyl (C=O) groups is 2. The van der Waals surface area contributed by atoms with Gasteiger partial charge >= 0.3 is 11.9 Å². The van der Waals surface area contributed by atoms with E-state index in [1.54, 1.807) is 0 Å². The second-order valence-electron chi connectivity index (χ2n) is 4.19. The molecule has 0 heterocycles. The molecule has 0 amide bonds. The van der Waals surface area contributed by atoms with E-state index in [2.05, 4.69) is 4.74 Å². The minimum atomic E-state index is -1.67. The SMILES string of the molecule is COC(=O)c1ccc(-c2cc(F)c(C(=O)O)c(F)c2)cc1. The van der Waals surface area contributed by atoms with E-state index in [1.807, 2.05) is 0 Å². The second kappa shape index (κ2) is 5.70. The Hall–Kier alpha value is -2.76. The molecule has 0 radical (unpaired) electrons. The van der Waals surface area contributed by atoms with Crippen molar-refractivity contribution in [1.82, 2.24) is 0 Å². The zero-order valence-corrected chi connectivity index (χ0v) is 10.9. The summed E-state index contributed by atoms with van der Waals surface area (Å²) in [5.41, 5.74) is -0.0851. The summed E-state index contributed by atoms with van der Waals surface area (Å²) >= 11 is 0. The minimum absolute atomic E-state index is 0.173. The van der Waals surface area contributed by atoms with Crippen LogP contribution in [0.5, 0.6) is 0 Å². The van der Waals surface area contributed by atoms with E-state index < -0.39 is 29.1 Å². The quantitative estimate of drug-likeness (QED) is 0.883. The Morgan fingerprint density at radius 2 is 1.52 bits per heavy atom. The van der Waals surface area contributed by atoms with Gasteiger partial charge in [-0.3, -0.25) is 0 Å². The van der Waals surface area contributed by atoms with Crippen molar-refractivity contribution in [3.05, 3.63) is 59.2 Å². The molecular formula is C15H10F2O4. The van der Waals surface area contributed by atoms with Gasteiger partial charge in [0.25, 0.3) is 0 Å². The van der Waals surface area contributed by atoms with Crippen molar-refractivity contribution in [2.24, 2.45) is 0 Å². The number of esters is 1. The van der Waals surface area contributed by atoms with Crippen LogP contribution in [-0.2, 0) is 4.74 Å². The Morgan fingerprint density at radius 1 is 1.00 bits per heavy atom. The lowest BCUT2D eigenvalue weighted by Crippen LogP contribution is -2.05. The van der Waals surface area contributed by atoms with Gasteiger partial charge in [-0.25, -0.2) is 18.4 Å². The van der Waals surface area contributed by atoms with Gasteiger partial charge < -0.3 is 9.84 Å². The Balaban J connectivity index is 2.43. The molecular weight excluding hydrogens is 282 g/mol. The lowest BCUT2D eigenvalue weighted by atomic mass is 10.0. The van der Waals surface area contributed by atoms with Crippen LogP contribution in [0.25, 0.3) is 11.1 Å². The van der Waals surface area contributed by atoms with E-state index in [1.165, 1.54) is 31.4 Å². The maximum atomic E-state index is 13.6. The molecule has 0 aliphatic rings. The average Bonchev–Trinajstić information content (AvgIpc) is 2.45. The second-order valence-corrected chi connectivity index (χ2v) is 4.19. The van der Waals surface area contributed by atoms with Crippen LogP contribution in [0, 0.1) is 11.6 Å². The Labute approximate surface area is 118 Å². The highest BCUT2D eigenvalue weighted by atomic mass is 19.1. The summed E-state index contributed by atoms with van der Waals surface area (Å²) in [6.45, 7) is 0. The third kappa shape index (κ3) is 2.89. The molecule has 4 nitrogen and oxygen atoms in total. The summed E-state index contributed by atoms with van der Waals surface area (Å²) in [7, 11) is 1.24. The topological polar surface area (TPSA) is 63.6 Å². The number of hydrogen-bond acceptors (Lipinski definition) is 3. The summed E-state index contributed by atoms with van der Waals surface area (Å²) in [5.74, 6) is -4.51. The van der Waals surface area contributed by atoms with E-state index in [9.17, 15) is 18.4 Å². The summed E-state index contributed by atoms with van der Waals surface area (Å²) < 4.78 is 31.8. The lowest BCUT2D eigenvalue weighted by Gasteiger charge is -2.06. The van der Waals surface area contributed by atoms with Gasteiger partial charge in [0.15, 0.2) is 0 Å². The number of aromatic carboxylic acids is 1. The highest BCUT2D eigenvalue weighted by Crippen LogP contribution is 2.25. The monoisotopic (exact) mass is 292 g/mol. The van der Waals surface area contributed by atoms with Gasteiger partial charge in [0.1, 0.15) is 17.2 Å². The highest BCUT2D eigenvalue weighted by Gasteiger charge is 2.18. The molecule has 108 valence electrons. The molecule has 2 aromatic rings. The molecule has 0 aromatic heterocycles. The Kier molecular flexibility index (Phi) is 3.98. The molecule has 0 bridgehead atoms. The van der Waals surface area contributed by atoms with Gasteiger partial charge in [-0.2, -0.15) is 0 Å². The molecule has 21 heavy (non-hydrogen) atoms. The predicted octanol–water partition coefficient (Wildman–Crippen LogP) is 3.12. The number of carboxylic acid groups (broad SMARTS) is 1. The number of ether oxygens (including phenoxy) is 1. The fraction of sp³-hybridized carbons (Fsp3) is 0.0667. The van der Waals surface area contributed by atoms with Gasteiger partial charge in [0, 0.05) is 0 Å². The van der Waals surface area contributed by atoms with Gasteiger partial charge in [-0.15, -0.1) is 0 Å². The van der Waals surface area contributed by atoms with Crippen LogP contribution in [0.15, 0.2) is 36.4 Å². The smallest absolute Gasteiger partial charge is 0.341 e. The zero-order chi connectivity index (χ0) is 15.6. The van der Waals surface area contributed by atoms with Crippen LogP contribution in [0.3, 0.4) is 0 Å². The van der Waals surface area contributed by atoms with Crippen LogP contribution in [0.2, 0.25) is 0 Å². The first kappa shape index (κ1) is 14.6. The average molecular weight is 292 g/mol. The fourth-order valence-corrected chi connectivity index (χ4v) is 1.86. The number of hydrogen-bond donors (Lipinski definition) is 1. The van der Waals surface area contributed by atoms with Gasteiger partial charge in [-0.1, -0.05) is 12.1 Å². The summed E-state index contributed by atoms with van der Waals surface area (Å²) in [6.07, 6.45) is 0. The van der Waals surface area contributed by atoms with Crippen molar-refractivity contribution < 1.29 is 28.2 Å². The molecule has 0 saturated heterocycles. The molecule has 0 unspecified atom stereocenters. The molecule has 0 aliphatic carbocycles. The minimum Gasteiger partial charge on any atom is -0.477 e. The van der Waals surface area contributed by atoms with Crippen molar-refractivity contribution in [2.75, 3.05) is 7.11 Å². The molecule has 0 aliphatic heterocycles. The van der Waals surface area contributed by atoms with Crippen LogP contribution >= 0.6 is 0 Å². The predicted molar refractivity (Wildman–Crippen MR) is 70.1 cm³/mol. The highest BCUT2D eigenvalue weighted by molar-refractivity contribution is 5.90. The number of carbonyl (C=O) groups excluding carboxylic acids is 1. The number of benzene rings is 2. The van der Waals surface area contributed by atoms with Crippen LogP contribution in [0.4, 0.5) is 8.78 Å². The molecule has 1 N–H and O–H groups in total. The van der Waals surface area contributed by atoms with Crippen molar-refractivity contribution in [3.63, 3.8) is 0 Å². The molecule has 2 rings (SSSR count). The molecule has 6 heteroatoms. The first-order valence-corrected chi connectivity index (χ1v) is 5.85. The first-order chi connectivity index (χ1) is 9.93. The standard InChI is InChI=1S/C15H10F2O4/c1-21-15(20)9-4-2-8(3-5-9)10-6-11(16)13(14(18)19)12(17)7-10/h2-7H,1H3,(H,18,19). The van der Waals surface area contributed by atoms with Crippen LogP contribution in [-0.4, -0.2) is 24.2 Å². The van der Waals surface area contributed by atoms with E-state index in [4.69, 9.17) is 5.11 Å². The third-order valence-corrected chi connectivity index (χ3v) is 2.90. The normalized spacial score (nSPS) is 10.2. The van der Waals surface area contributed by atoms with Crippen molar-refractivity contribution >= 4 is 11.9 Å². The Morgan fingerprint density at radius 3 is 1.95 bits per heavy atom. The van der Waals surface area contributed by atoms with Crippen molar-refractivity contribution in [2.45, 2.75) is 0 Å². The van der Waals surface area contributed by atoms with Gasteiger partial charge in [-0.05, 0) is 35.4 Å². The number of rotatable bonds is 3. The zero-order valence-electron chi connectivity index (χ0n) is 10.9. The summed E-state index contributed by atoms with van der Waals surface area (Å²) in [5, 5.41) is 8.70. The summed E-state index contributed by atoms with van der Waals surface area (Å²) in [6, 6.07) is 7.73. The van der Waals surface area contributed by atoms with E-state index in [-0.39, 0.29) is 5.56 Å². The maximum Gasteiger partial charge on any atom is 0.341 e. The van der Waals surface area contributed by atoms with Crippen LogP contribution in [0.1, 0.15) is 20.7 Å². The lowest BCUT2D eigenvalue weighted by molar-refractivity contribution is 0.0599. The number of carboxylic acids is 1. The largest absolute Gasteiger partial charge is 0.477 e. The van der Waals surface area contributed by atoms with E-state index in [0.29, 0.717) is 11.1 Å². The van der Waals surface area contributed by atoms with Gasteiger partial charge in [0.2, 0.25) is 0 Å². The van der Waals surface area contributed by atoms with Crippen molar-refractivity contribution in [3.8, 4) is 11.1 Å². The molecule has 0 atom stereocenters. The van der Waals surface area contributed by atoms with E-state index >= 15 is 0 Å². The Bertz CT molecular complexity index is 685.